The van der Waals surface area contributed by atoms with Crippen LogP contribution in [0.5, 0.6) is 0 Å². The van der Waals surface area contributed by atoms with Crippen molar-refractivity contribution in [3.63, 3.8) is 0 Å². The molecule has 10 heteroatoms. The van der Waals surface area contributed by atoms with Gasteiger partial charge in [-0.3, -0.25) is 0 Å². The maximum Gasteiger partial charge on any atom is 0.333 e. The van der Waals surface area contributed by atoms with E-state index in [-0.39, 0.29) is 26.4 Å². The van der Waals surface area contributed by atoms with Crippen LogP contribution in [0.15, 0.2) is 24.3 Å². The summed E-state index contributed by atoms with van der Waals surface area (Å²) in [5.41, 5.74) is 0.716. The van der Waals surface area contributed by atoms with E-state index in [2.05, 4.69) is 13.2 Å². The van der Waals surface area contributed by atoms with Gasteiger partial charge in [-0.05, 0) is 13.8 Å². The van der Waals surface area contributed by atoms with Crippen LogP contribution in [-0.2, 0) is 47.8 Å². The van der Waals surface area contributed by atoms with Gasteiger partial charge in [-0.1, -0.05) is 13.2 Å². The van der Waals surface area contributed by atoms with Gasteiger partial charge in [-0.25, -0.2) is 19.4 Å². The number of hydrogen-bond donors (Lipinski definition) is 0. The number of carbonyl (C=O) groups excluding carboxylic acids is 2. The van der Waals surface area contributed by atoms with Crippen LogP contribution in [0, 0.1) is 0 Å². The second-order valence-corrected chi connectivity index (χ2v) is 5.93. The number of esters is 2. The van der Waals surface area contributed by atoms with Gasteiger partial charge in [0.2, 0.25) is 0 Å². The second kappa shape index (κ2) is 20.5. The van der Waals surface area contributed by atoms with E-state index in [9.17, 15) is 9.59 Å². The first kappa shape index (κ1) is 28.2. The molecule has 0 fully saturated rings. The fourth-order valence-corrected chi connectivity index (χ4v) is 1.58. The molecule has 0 aliphatic heterocycles. The molecular weight excluding hydrogens is 400 g/mol. The lowest BCUT2D eigenvalue weighted by molar-refractivity contribution is -0.303. The average molecular weight is 434 g/mol. The Labute approximate surface area is 177 Å². The van der Waals surface area contributed by atoms with Crippen LogP contribution in [0.4, 0.5) is 0 Å². The van der Waals surface area contributed by atoms with Crippen molar-refractivity contribution in [2.24, 2.45) is 0 Å². The summed E-state index contributed by atoms with van der Waals surface area (Å²) in [4.78, 5) is 32.1. The number of hydrogen-bond acceptors (Lipinski definition) is 10. The fraction of sp³-hybridized carbons (Fsp3) is 0.700. The molecule has 0 atom stereocenters. The minimum Gasteiger partial charge on any atom is -0.460 e. The number of ether oxygens (including phenoxy) is 6. The normalized spacial score (nSPS) is 10.6. The Kier molecular flexibility index (Phi) is 19.2. The molecule has 0 aromatic heterocycles. The van der Waals surface area contributed by atoms with Crippen LogP contribution >= 0.6 is 0 Å². The third kappa shape index (κ3) is 19.5. The molecule has 0 aliphatic rings. The van der Waals surface area contributed by atoms with Crippen LogP contribution in [0.1, 0.15) is 13.8 Å². The van der Waals surface area contributed by atoms with Gasteiger partial charge >= 0.3 is 11.9 Å². The molecule has 0 rings (SSSR count). The lowest BCUT2D eigenvalue weighted by Crippen LogP contribution is -2.15. The van der Waals surface area contributed by atoms with Crippen molar-refractivity contribution in [3.8, 4) is 0 Å². The van der Waals surface area contributed by atoms with Crippen molar-refractivity contribution in [2.45, 2.75) is 13.8 Å². The molecule has 0 N–H and O–H groups in total. The molecule has 174 valence electrons. The Balaban J connectivity index is 3.13. The highest BCUT2D eigenvalue weighted by atomic mass is 17.2. The van der Waals surface area contributed by atoms with E-state index in [4.69, 9.17) is 38.2 Å². The molecular formula is C20H34O10. The zero-order chi connectivity index (χ0) is 22.5. The van der Waals surface area contributed by atoms with E-state index in [0.717, 1.165) is 0 Å². The first-order valence-corrected chi connectivity index (χ1v) is 9.65. The molecule has 0 amide bonds. The van der Waals surface area contributed by atoms with Crippen LogP contribution in [0.2, 0.25) is 0 Å². The lowest BCUT2D eigenvalue weighted by Gasteiger charge is -2.08. The third-order valence-electron chi connectivity index (χ3n) is 3.07. The molecule has 0 spiro atoms. The Hall–Kier alpha value is -1.82. The van der Waals surface area contributed by atoms with Gasteiger partial charge in [-0.15, -0.1) is 0 Å². The van der Waals surface area contributed by atoms with Crippen LogP contribution in [0.3, 0.4) is 0 Å². The smallest absolute Gasteiger partial charge is 0.333 e. The van der Waals surface area contributed by atoms with Gasteiger partial charge in [0.1, 0.15) is 26.4 Å². The van der Waals surface area contributed by atoms with Crippen molar-refractivity contribution in [1.82, 2.24) is 0 Å². The highest BCUT2D eigenvalue weighted by Crippen LogP contribution is 1.92. The SMILES string of the molecule is C=C(C)C(=O)OCCOCCOCCOOCCOCCOCCOC(=O)C(=C)C. The van der Waals surface area contributed by atoms with Gasteiger partial charge in [0.05, 0.1) is 52.9 Å². The average Bonchev–Trinajstić information content (AvgIpc) is 2.71. The van der Waals surface area contributed by atoms with Crippen LogP contribution in [0.25, 0.3) is 0 Å². The van der Waals surface area contributed by atoms with Crippen LogP contribution < -0.4 is 0 Å². The number of carbonyl (C=O) groups is 2. The Morgan fingerprint density at radius 2 is 0.767 bits per heavy atom. The summed E-state index contributed by atoms with van der Waals surface area (Å²) in [6.07, 6.45) is 0. The van der Waals surface area contributed by atoms with Gasteiger partial charge in [0.25, 0.3) is 0 Å². The summed E-state index contributed by atoms with van der Waals surface area (Å²) >= 11 is 0. The summed E-state index contributed by atoms with van der Waals surface area (Å²) in [5.74, 6) is -0.853. The van der Waals surface area contributed by atoms with E-state index < -0.39 is 11.9 Å². The number of rotatable bonds is 21. The van der Waals surface area contributed by atoms with Gasteiger partial charge in [-0.2, -0.15) is 0 Å². The predicted octanol–water partition coefficient (Wildman–Crippen LogP) is 1.24. The van der Waals surface area contributed by atoms with E-state index in [1.165, 1.54) is 0 Å². The highest BCUT2D eigenvalue weighted by molar-refractivity contribution is 5.87. The third-order valence-corrected chi connectivity index (χ3v) is 3.07. The van der Waals surface area contributed by atoms with E-state index in [0.29, 0.717) is 64.0 Å². The van der Waals surface area contributed by atoms with Gasteiger partial charge < -0.3 is 28.4 Å². The lowest BCUT2D eigenvalue weighted by atomic mass is 10.4. The maximum atomic E-state index is 11.1. The van der Waals surface area contributed by atoms with Crippen molar-refractivity contribution in [1.29, 1.82) is 0 Å². The molecule has 30 heavy (non-hydrogen) atoms. The Morgan fingerprint density at radius 1 is 0.500 bits per heavy atom. The highest BCUT2D eigenvalue weighted by Gasteiger charge is 2.02. The van der Waals surface area contributed by atoms with Gasteiger partial charge in [0.15, 0.2) is 0 Å². The molecule has 0 radical (unpaired) electrons. The van der Waals surface area contributed by atoms with Crippen molar-refractivity contribution in [2.75, 3.05) is 79.3 Å². The molecule has 0 aliphatic carbocycles. The van der Waals surface area contributed by atoms with Gasteiger partial charge in [0, 0.05) is 11.1 Å². The summed E-state index contributed by atoms with van der Waals surface area (Å²) < 4.78 is 30.8. The Bertz CT molecular complexity index is 448. The first-order valence-electron chi connectivity index (χ1n) is 9.65. The van der Waals surface area contributed by atoms with Crippen molar-refractivity contribution >= 4 is 11.9 Å². The minimum absolute atomic E-state index is 0.182. The topological polar surface area (TPSA) is 108 Å². The summed E-state index contributed by atoms with van der Waals surface area (Å²) in [5, 5.41) is 0. The zero-order valence-corrected chi connectivity index (χ0v) is 18.0. The van der Waals surface area contributed by atoms with Crippen LogP contribution in [-0.4, -0.2) is 91.2 Å². The molecule has 0 aromatic rings. The minimum atomic E-state index is -0.426. The molecule has 10 nitrogen and oxygen atoms in total. The Morgan fingerprint density at radius 3 is 1.07 bits per heavy atom. The molecule has 0 saturated carbocycles. The van der Waals surface area contributed by atoms with E-state index in [1.54, 1.807) is 13.8 Å². The molecule has 0 bridgehead atoms. The fourth-order valence-electron chi connectivity index (χ4n) is 1.58. The largest absolute Gasteiger partial charge is 0.460 e. The quantitative estimate of drug-likeness (QED) is 0.0861. The summed E-state index contributed by atoms with van der Waals surface area (Å²) in [6.45, 7) is 13.9. The standard InChI is InChI=1S/C20H34O10/c1-17(2)19(21)27-13-9-23-5-7-25-11-15-29-30-16-12-26-8-6-24-10-14-28-20(22)18(3)4/h1,3,5-16H2,2,4H3. The molecule has 0 heterocycles. The van der Waals surface area contributed by atoms with Crippen molar-refractivity contribution < 1.29 is 47.8 Å². The summed E-state index contributed by atoms with van der Waals surface area (Å²) in [7, 11) is 0. The monoisotopic (exact) mass is 434 g/mol. The summed E-state index contributed by atoms with van der Waals surface area (Å²) in [6, 6.07) is 0. The maximum absolute atomic E-state index is 11.1. The molecule has 0 unspecified atom stereocenters. The second-order valence-electron chi connectivity index (χ2n) is 5.93. The zero-order valence-electron chi connectivity index (χ0n) is 18.0. The molecule has 0 saturated heterocycles. The van der Waals surface area contributed by atoms with Crippen molar-refractivity contribution in [3.05, 3.63) is 24.3 Å². The van der Waals surface area contributed by atoms with E-state index in [1.807, 2.05) is 0 Å². The predicted molar refractivity (Wildman–Crippen MR) is 107 cm³/mol. The molecule has 0 aromatic carbocycles. The first-order chi connectivity index (χ1) is 14.4. The van der Waals surface area contributed by atoms with E-state index >= 15 is 0 Å².